The Hall–Kier alpha value is -2.75. The van der Waals surface area contributed by atoms with E-state index in [0.29, 0.717) is 37.9 Å². The summed E-state index contributed by atoms with van der Waals surface area (Å²) in [5.41, 5.74) is 0.0766. The number of carbonyl (C=O) groups is 2. The van der Waals surface area contributed by atoms with E-state index in [1.54, 1.807) is 12.1 Å². The van der Waals surface area contributed by atoms with Crippen molar-refractivity contribution in [2.45, 2.75) is 0 Å². The molecule has 1 aromatic heterocycles. The molecule has 2 aliphatic rings. The largest absolute Gasteiger partial charge is 0.441 e. The number of ether oxygens (including phenoxy) is 1. The molecular weight excluding hydrogens is 421 g/mol. The Balaban J connectivity index is 1.63. The van der Waals surface area contributed by atoms with Gasteiger partial charge in [0.2, 0.25) is 0 Å². The maximum Gasteiger partial charge on any atom is 0.270 e. The van der Waals surface area contributed by atoms with Gasteiger partial charge in [-0.3, -0.25) is 19.8 Å². The number of halogens is 2. The molecule has 2 saturated heterocycles. The normalized spacial score (nSPS) is 19.1. The first-order valence-electron chi connectivity index (χ1n) is 8.73. The molecule has 0 aliphatic carbocycles. The second-order valence-electron chi connectivity index (χ2n) is 6.33. The predicted octanol–water partition coefficient (Wildman–Crippen LogP) is 2.74. The summed E-state index contributed by atoms with van der Waals surface area (Å²) < 4.78 is 24.5. The van der Waals surface area contributed by atoms with Gasteiger partial charge in [0.25, 0.3) is 11.8 Å². The maximum absolute atomic E-state index is 13.5. The number of morpholine rings is 1. The van der Waals surface area contributed by atoms with Crippen LogP contribution in [0.25, 0.3) is 6.08 Å². The highest BCUT2D eigenvalue weighted by molar-refractivity contribution is 7.80. The van der Waals surface area contributed by atoms with Gasteiger partial charge in [-0.1, -0.05) is 11.6 Å². The number of furan rings is 1. The molecule has 1 aromatic carbocycles. The third-order valence-electron chi connectivity index (χ3n) is 4.49. The van der Waals surface area contributed by atoms with E-state index in [-0.39, 0.29) is 21.4 Å². The van der Waals surface area contributed by atoms with Gasteiger partial charge in [0.15, 0.2) is 11.0 Å². The summed E-state index contributed by atoms with van der Waals surface area (Å²) in [5.74, 6) is -0.965. The lowest BCUT2D eigenvalue weighted by Gasteiger charge is -2.29. The van der Waals surface area contributed by atoms with Crippen molar-refractivity contribution in [2.75, 3.05) is 36.1 Å². The fourth-order valence-corrected chi connectivity index (χ4v) is 3.49. The van der Waals surface area contributed by atoms with Crippen LogP contribution in [0.5, 0.6) is 0 Å². The van der Waals surface area contributed by atoms with Crippen LogP contribution in [0.3, 0.4) is 0 Å². The number of hydrogen-bond donors (Lipinski definition) is 1. The molecular formula is C19H15ClFN3O4S. The van der Waals surface area contributed by atoms with Crippen LogP contribution >= 0.6 is 23.8 Å². The minimum atomic E-state index is -0.661. The minimum absolute atomic E-state index is 0.117. The number of thiocarbonyl (C=S) groups is 1. The van der Waals surface area contributed by atoms with E-state index in [2.05, 4.69) is 5.32 Å². The van der Waals surface area contributed by atoms with Crippen LogP contribution in [-0.2, 0) is 14.3 Å². The molecule has 1 N–H and O–H groups in total. The van der Waals surface area contributed by atoms with Crippen molar-refractivity contribution < 1.29 is 23.1 Å². The molecule has 0 saturated carbocycles. The molecule has 3 heterocycles. The van der Waals surface area contributed by atoms with Crippen LogP contribution in [0.4, 0.5) is 16.0 Å². The van der Waals surface area contributed by atoms with Gasteiger partial charge >= 0.3 is 0 Å². The summed E-state index contributed by atoms with van der Waals surface area (Å²) in [4.78, 5) is 28.4. The minimum Gasteiger partial charge on any atom is -0.441 e. The number of amides is 2. The highest BCUT2D eigenvalue weighted by Crippen LogP contribution is 2.27. The zero-order chi connectivity index (χ0) is 20.5. The van der Waals surface area contributed by atoms with Gasteiger partial charge in [-0.15, -0.1) is 0 Å². The molecule has 4 rings (SSSR count). The Morgan fingerprint density at radius 1 is 1.17 bits per heavy atom. The van der Waals surface area contributed by atoms with Crippen molar-refractivity contribution in [1.29, 1.82) is 0 Å². The number of hydrogen-bond acceptors (Lipinski definition) is 6. The smallest absolute Gasteiger partial charge is 0.270 e. The number of nitrogens with zero attached hydrogens (tertiary/aromatic N) is 2. The maximum atomic E-state index is 13.5. The lowest BCUT2D eigenvalue weighted by Crippen LogP contribution is -2.54. The molecule has 150 valence electrons. The average molecular weight is 436 g/mol. The number of carbonyl (C=O) groups excluding carboxylic acids is 2. The molecule has 2 aromatic rings. The summed E-state index contributed by atoms with van der Waals surface area (Å²) in [7, 11) is 0. The molecule has 29 heavy (non-hydrogen) atoms. The molecule has 10 heteroatoms. The molecule has 0 bridgehead atoms. The number of nitrogens with one attached hydrogen (secondary N) is 1. The molecule has 2 fully saturated rings. The van der Waals surface area contributed by atoms with Crippen molar-refractivity contribution in [3.05, 3.63) is 52.5 Å². The van der Waals surface area contributed by atoms with E-state index < -0.39 is 17.6 Å². The molecule has 0 spiro atoms. The zero-order valence-corrected chi connectivity index (χ0v) is 16.6. The van der Waals surface area contributed by atoms with Gasteiger partial charge < -0.3 is 14.1 Å². The lowest BCUT2D eigenvalue weighted by molar-refractivity contribution is -0.122. The summed E-state index contributed by atoms with van der Waals surface area (Å²) in [6.45, 7) is 2.59. The highest BCUT2D eigenvalue weighted by atomic mass is 35.5. The predicted molar refractivity (Wildman–Crippen MR) is 109 cm³/mol. The van der Waals surface area contributed by atoms with Crippen molar-refractivity contribution in [2.24, 2.45) is 0 Å². The van der Waals surface area contributed by atoms with Crippen LogP contribution < -0.4 is 15.1 Å². The lowest BCUT2D eigenvalue weighted by atomic mass is 10.1. The van der Waals surface area contributed by atoms with Gasteiger partial charge in [-0.2, -0.15) is 0 Å². The summed E-state index contributed by atoms with van der Waals surface area (Å²) in [6, 6.07) is 7.17. The van der Waals surface area contributed by atoms with Crippen LogP contribution in [0.15, 0.2) is 40.3 Å². The third-order valence-corrected chi connectivity index (χ3v) is 5.06. The van der Waals surface area contributed by atoms with Gasteiger partial charge in [-0.05, 0) is 42.6 Å². The Kier molecular flexibility index (Phi) is 5.35. The fraction of sp³-hybridized carbons (Fsp3) is 0.211. The van der Waals surface area contributed by atoms with Crippen LogP contribution in [0.2, 0.25) is 5.02 Å². The van der Waals surface area contributed by atoms with E-state index in [9.17, 15) is 14.0 Å². The van der Waals surface area contributed by atoms with Crippen molar-refractivity contribution in [3.8, 4) is 0 Å². The Bertz CT molecular complexity index is 1030. The molecule has 0 radical (unpaired) electrons. The van der Waals surface area contributed by atoms with Crippen LogP contribution in [-0.4, -0.2) is 43.2 Å². The van der Waals surface area contributed by atoms with E-state index in [1.807, 2.05) is 4.90 Å². The molecule has 7 nitrogen and oxygen atoms in total. The first-order valence-corrected chi connectivity index (χ1v) is 9.52. The highest BCUT2D eigenvalue weighted by Gasteiger charge is 2.35. The van der Waals surface area contributed by atoms with Crippen molar-refractivity contribution in [1.82, 2.24) is 5.32 Å². The Morgan fingerprint density at radius 3 is 2.66 bits per heavy atom. The van der Waals surface area contributed by atoms with E-state index in [4.69, 9.17) is 33.0 Å². The summed E-state index contributed by atoms with van der Waals surface area (Å²) in [6.07, 6.45) is 1.35. The van der Waals surface area contributed by atoms with Gasteiger partial charge in [-0.25, -0.2) is 4.39 Å². The standard InChI is InChI=1S/C19H15ClFN3O4S/c20-14-9-11(1-3-15(14)21)24-18(26)13(17(25)22-19(24)29)10-12-2-4-16(28-12)23-5-7-27-8-6-23/h1-4,9-10H,5-8H2,(H,22,25,29)/b13-10+. The Morgan fingerprint density at radius 2 is 1.93 bits per heavy atom. The van der Waals surface area contributed by atoms with Crippen molar-refractivity contribution in [3.63, 3.8) is 0 Å². The topological polar surface area (TPSA) is 75.0 Å². The summed E-state index contributed by atoms with van der Waals surface area (Å²) in [5, 5.41) is 2.17. The average Bonchev–Trinajstić information content (AvgIpc) is 3.17. The number of anilines is 2. The van der Waals surface area contributed by atoms with E-state index >= 15 is 0 Å². The quantitative estimate of drug-likeness (QED) is 0.454. The van der Waals surface area contributed by atoms with Gasteiger partial charge in [0.05, 0.1) is 23.9 Å². The molecule has 2 aliphatic heterocycles. The summed E-state index contributed by atoms with van der Waals surface area (Å²) >= 11 is 10.9. The number of rotatable bonds is 3. The van der Waals surface area contributed by atoms with Gasteiger partial charge in [0, 0.05) is 19.2 Å². The molecule has 0 unspecified atom stereocenters. The molecule has 2 amide bonds. The Labute approximate surface area is 175 Å². The van der Waals surface area contributed by atoms with Crippen LogP contribution in [0, 0.1) is 5.82 Å². The first-order chi connectivity index (χ1) is 13.9. The second-order valence-corrected chi connectivity index (χ2v) is 7.13. The van der Waals surface area contributed by atoms with Crippen molar-refractivity contribution >= 4 is 58.4 Å². The SMILES string of the molecule is O=C1NC(=S)N(c2ccc(F)c(Cl)c2)C(=O)/C1=C/c1ccc(N2CCOCC2)o1. The van der Waals surface area contributed by atoms with Crippen LogP contribution in [0.1, 0.15) is 5.76 Å². The first kappa shape index (κ1) is 19.6. The molecule has 0 atom stereocenters. The fourth-order valence-electron chi connectivity index (χ4n) is 3.03. The second kappa shape index (κ2) is 7.94. The monoisotopic (exact) mass is 435 g/mol. The zero-order valence-electron chi connectivity index (χ0n) is 15.0. The third kappa shape index (κ3) is 3.89. The van der Waals surface area contributed by atoms with E-state index in [0.717, 1.165) is 11.0 Å². The van der Waals surface area contributed by atoms with E-state index in [1.165, 1.54) is 18.2 Å². The number of benzene rings is 1. The van der Waals surface area contributed by atoms with Gasteiger partial charge in [0.1, 0.15) is 17.2 Å².